The van der Waals surface area contributed by atoms with Crippen molar-refractivity contribution in [2.45, 2.75) is 13.1 Å². The topological polar surface area (TPSA) is 50.2 Å². The third-order valence-corrected chi connectivity index (χ3v) is 3.63. The van der Waals surface area contributed by atoms with Crippen molar-refractivity contribution in [3.63, 3.8) is 0 Å². The summed E-state index contributed by atoms with van der Waals surface area (Å²) in [5.74, 6) is -1.19. The Morgan fingerprint density at radius 1 is 1.37 bits per heavy atom. The summed E-state index contributed by atoms with van der Waals surface area (Å²) >= 11 is 0.862. The van der Waals surface area contributed by atoms with E-state index in [1.807, 2.05) is 0 Å². The standard InChI is InChI=1S/C12H8F3NO2S/c1-6-9(19-10(16-6)11(17)18)7-3-2-4-8(5-7)12(13,14)15/h2-5H,1H3,(H,17,18). The first kappa shape index (κ1) is 13.5. The minimum Gasteiger partial charge on any atom is -0.476 e. The third kappa shape index (κ3) is 2.76. The highest BCUT2D eigenvalue weighted by molar-refractivity contribution is 7.17. The second kappa shape index (κ2) is 4.65. The molecule has 0 bridgehead atoms. The minimum atomic E-state index is -4.43. The molecule has 1 aromatic heterocycles. The highest BCUT2D eigenvalue weighted by Gasteiger charge is 2.30. The van der Waals surface area contributed by atoms with Gasteiger partial charge >= 0.3 is 12.1 Å². The number of carbonyl (C=O) groups is 1. The molecule has 0 aliphatic rings. The zero-order valence-electron chi connectivity index (χ0n) is 9.65. The lowest BCUT2D eigenvalue weighted by Gasteiger charge is -2.07. The van der Waals surface area contributed by atoms with E-state index >= 15 is 0 Å². The van der Waals surface area contributed by atoms with Gasteiger partial charge in [0.15, 0.2) is 0 Å². The minimum absolute atomic E-state index is 0.134. The van der Waals surface area contributed by atoms with Crippen LogP contribution in [0.5, 0.6) is 0 Å². The Morgan fingerprint density at radius 2 is 2.05 bits per heavy atom. The van der Waals surface area contributed by atoms with Gasteiger partial charge in [0.2, 0.25) is 5.01 Å². The van der Waals surface area contributed by atoms with Gasteiger partial charge in [0.05, 0.1) is 16.1 Å². The van der Waals surface area contributed by atoms with Crippen LogP contribution >= 0.6 is 11.3 Å². The number of carboxylic acids is 1. The maximum Gasteiger partial charge on any atom is 0.416 e. The van der Waals surface area contributed by atoms with Crippen molar-refractivity contribution in [2.75, 3.05) is 0 Å². The number of aryl methyl sites for hydroxylation is 1. The number of nitrogens with zero attached hydrogens (tertiary/aromatic N) is 1. The van der Waals surface area contributed by atoms with Gasteiger partial charge in [0, 0.05) is 0 Å². The van der Waals surface area contributed by atoms with Crippen molar-refractivity contribution in [1.29, 1.82) is 0 Å². The number of hydrogen-bond donors (Lipinski definition) is 1. The second-order valence-electron chi connectivity index (χ2n) is 3.82. The number of halogens is 3. The molecule has 3 nitrogen and oxygen atoms in total. The molecule has 0 atom stereocenters. The first-order chi connectivity index (χ1) is 8.79. The lowest BCUT2D eigenvalue weighted by molar-refractivity contribution is -0.137. The van der Waals surface area contributed by atoms with Gasteiger partial charge < -0.3 is 5.11 Å². The fourth-order valence-corrected chi connectivity index (χ4v) is 2.49. The molecule has 0 aliphatic heterocycles. The number of carboxylic acid groups (broad SMARTS) is 1. The van der Waals surface area contributed by atoms with Crippen LogP contribution in [0.3, 0.4) is 0 Å². The van der Waals surface area contributed by atoms with Crippen LogP contribution in [0, 0.1) is 6.92 Å². The van der Waals surface area contributed by atoms with Crippen molar-refractivity contribution in [2.24, 2.45) is 0 Å². The van der Waals surface area contributed by atoms with Crippen molar-refractivity contribution in [3.8, 4) is 10.4 Å². The second-order valence-corrected chi connectivity index (χ2v) is 4.82. The van der Waals surface area contributed by atoms with E-state index in [2.05, 4.69) is 4.98 Å². The molecule has 100 valence electrons. The highest BCUT2D eigenvalue weighted by atomic mass is 32.1. The predicted molar refractivity (Wildman–Crippen MR) is 64.2 cm³/mol. The smallest absolute Gasteiger partial charge is 0.416 e. The van der Waals surface area contributed by atoms with Crippen molar-refractivity contribution in [3.05, 3.63) is 40.5 Å². The van der Waals surface area contributed by atoms with E-state index in [9.17, 15) is 18.0 Å². The van der Waals surface area contributed by atoms with Crippen LogP contribution < -0.4 is 0 Å². The molecule has 0 saturated carbocycles. The molecule has 19 heavy (non-hydrogen) atoms. The van der Waals surface area contributed by atoms with E-state index < -0.39 is 17.7 Å². The average Bonchev–Trinajstić information content (AvgIpc) is 2.71. The number of alkyl halides is 3. The first-order valence-electron chi connectivity index (χ1n) is 5.17. The third-order valence-electron chi connectivity index (χ3n) is 2.43. The van der Waals surface area contributed by atoms with Gasteiger partial charge in [-0.1, -0.05) is 12.1 Å². The molecule has 2 rings (SSSR count). The Balaban J connectivity index is 2.50. The normalized spacial score (nSPS) is 11.6. The fourth-order valence-electron chi connectivity index (χ4n) is 1.59. The first-order valence-corrected chi connectivity index (χ1v) is 5.99. The van der Waals surface area contributed by atoms with Gasteiger partial charge in [0.25, 0.3) is 0 Å². The summed E-state index contributed by atoms with van der Waals surface area (Å²) in [6.07, 6.45) is -4.43. The van der Waals surface area contributed by atoms with Crippen molar-refractivity contribution in [1.82, 2.24) is 4.98 Å². The van der Waals surface area contributed by atoms with Crippen LogP contribution in [-0.2, 0) is 6.18 Å². The van der Waals surface area contributed by atoms with Gasteiger partial charge in [-0.05, 0) is 24.6 Å². The summed E-state index contributed by atoms with van der Waals surface area (Å²) in [5.41, 5.74) is -0.0475. The molecular formula is C12H8F3NO2S. The number of hydrogen-bond acceptors (Lipinski definition) is 3. The Labute approximate surface area is 110 Å². The predicted octanol–water partition coefficient (Wildman–Crippen LogP) is 3.84. The largest absolute Gasteiger partial charge is 0.476 e. The summed E-state index contributed by atoms with van der Waals surface area (Å²) in [6.45, 7) is 1.57. The van der Waals surface area contributed by atoms with Gasteiger partial charge in [-0.15, -0.1) is 11.3 Å². The van der Waals surface area contributed by atoms with E-state index in [1.165, 1.54) is 12.1 Å². The van der Waals surface area contributed by atoms with Crippen LogP contribution in [0.25, 0.3) is 10.4 Å². The van der Waals surface area contributed by atoms with E-state index in [-0.39, 0.29) is 5.01 Å². The monoisotopic (exact) mass is 287 g/mol. The molecule has 0 spiro atoms. The molecule has 2 aromatic rings. The molecule has 0 unspecified atom stereocenters. The average molecular weight is 287 g/mol. The lowest BCUT2D eigenvalue weighted by Crippen LogP contribution is -2.04. The van der Waals surface area contributed by atoms with Crippen molar-refractivity contribution < 1.29 is 23.1 Å². The Hall–Kier alpha value is -1.89. The Bertz CT molecular complexity index is 634. The summed E-state index contributed by atoms with van der Waals surface area (Å²) in [7, 11) is 0. The number of benzene rings is 1. The summed E-state index contributed by atoms with van der Waals surface area (Å²) in [5, 5.41) is 8.69. The Kier molecular flexibility index (Phi) is 3.32. The van der Waals surface area contributed by atoms with E-state index in [0.29, 0.717) is 16.1 Å². The van der Waals surface area contributed by atoms with Gasteiger partial charge in [0.1, 0.15) is 0 Å². The zero-order valence-corrected chi connectivity index (χ0v) is 10.5. The molecule has 0 radical (unpaired) electrons. The maximum atomic E-state index is 12.6. The summed E-state index contributed by atoms with van der Waals surface area (Å²) in [4.78, 5) is 15.0. The summed E-state index contributed by atoms with van der Waals surface area (Å²) < 4.78 is 37.8. The maximum absolute atomic E-state index is 12.6. The Morgan fingerprint density at radius 3 is 2.58 bits per heavy atom. The molecule has 1 aromatic carbocycles. The van der Waals surface area contributed by atoms with Crippen LogP contribution in [0.1, 0.15) is 21.1 Å². The highest BCUT2D eigenvalue weighted by Crippen LogP contribution is 2.35. The van der Waals surface area contributed by atoms with E-state index in [0.717, 1.165) is 23.5 Å². The molecule has 0 fully saturated rings. The van der Waals surface area contributed by atoms with Crippen molar-refractivity contribution >= 4 is 17.3 Å². The van der Waals surface area contributed by atoms with Gasteiger partial charge in [-0.3, -0.25) is 0 Å². The van der Waals surface area contributed by atoms with Crippen LogP contribution in [0.15, 0.2) is 24.3 Å². The lowest BCUT2D eigenvalue weighted by atomic mass is 10.1. The molecule has 1 N–H and O–H groups in total. The molecule has 0 amide bonds. The quantitative estimate of drug-likeness (QED) is 0.913. The van der Waals surface area contributed by atoms with Crippen LogP contribution in [0.2, 0.25) is 0 Å². The number of rotatable bonds is 2. The van der Waals surface area contributed by atoms with Crippen LogP contribution in [0.4, 0.5) is 13.2 Å². The SMILES string of the molecule is Cc1nc(C(=O)O)sc1-c1cccc(C(F)(F)F)c1. The fraction of sp³-hybridized carbons (Fsp3) is 0.167. The number of aromatic nitrogens is 1. The van der Waals surface area contributed by atoms with E-state index in [1.54, 1.807) is 6.92 Å². The van der Waals surface area contributed by atoms with Crippen LogP contribution in [-0.4, -0.2) is 16.1 Å². The number of thiazole rings is 1. The molecule has 0 saturated heterocycles. The number of aromatic carboxylic acids is 1. The molecular weight excluding hydrogens is 279 g/mol. The zero-order chi connectivity index (χ0) is 14.2. The summed E-state index contributed by atoms with van der Waals surface area (Å²) in [6, 6.07) is 4.75. The molecule has 0 aliphatic carbocycles. The van der Waals surface area contributed by atoms with Gasteiger partial charge in [-0.2, -0.15) is 13.2 Å². The molecule has 7 heteroatoms. The van der Waals surface area contributed by atoms with E-state index in [4.69, 9.17) is 5.11 Å². The molecule has 1 heterocycles. The van der Waals surface area contributed by atoms with Gasteiger partial charge in [-0.25, -0.2) is 9.78 Å².